The van der Waals surface area contributed by atoms with Crippen LogP contribution in [0.1, 0.15) is 46.0 Å². The van der Waals surface area contributed by atoms with Crippen molar-refractivity contribution in [2.45, 2.75) is 63.6 Å². The minimum Gasteiger partial charge on any atom is -0.376 e. The molecule has 100 valence electrons. The fourth-order valence-corrected chi connectivity index (χ4v) is 3.76. The topological polar surface area (TPSA) is 38.5 Å². The average molecular weight is 240 g/mol. The molecule has 4 unspecified atom stereocenters. The summed E-state index contributed by atoms with van der Waals surface area (Å²) >= 11 is 0. The van der Waals surface area contributed by atoms with Gasteiger partial charge in [-0.25, -0.2) is 0 Å². The lowest BCUT2D eigenvalue weighted by atomic mass is 9.82. The molecule has 1 aliphatic carbocycles. The molecule has 0 radical (unpaired) electrons. The first-order valence-corrected chi connectivity index (χ1v) is 7.15. The molecule has 1 saturated carbocycles. The number of nitrogens with zero attached hydrogens (tertiary/aromatic N) is 1. The third-order valence-electron chi connectivity index (χ3n) is 5.17. The normalized spacial score (nSPS) is 43.2. The van der Waals surface area contributed by atoms with Crippen LogP contribution in [-0.4, -0.2) is 42.8 Å². The smallest absolute Gasteiger partial charge is 0.0743 e. The molecular weight excluding hydrogens is 212 g/mol. The molecule has 0 spiro atoms. The maximum absolute atomic E-state index is 6.08. The maximum Gasteiger partial charge on any atom is 0.0743 e. The molecule has 4 atom stereocenters. The van der Waals surface area contributed by atoms with E-state index in [1.165, 1.54) is 25.7 Å². The van der Waals surface area contributed by atoms with Crippen molar-refractivity contribution in [2.75, 3.05) is 20.2 Å². The van der Waals surface area contributed by atoms with Crippen molar-refractivity contribution in [2.24, 2.45) is 11.7 Å². The molecule has 2 N–H and O–H groups in total. The van der Waals surface area contributed by atoms with Gasteiger partial charge in [0.15, 0.2) is 0 Å². The molecule has 2 aliphatic rings. The minimum atomic E-state index is 0.0850. The van der Waals surface area contributed by atoms with Crippen LogP contribution in [0.2, 0.25) is 0 Å². The summed E-state index contributed by atoms with van der Waals surface area (Å²) in [6.07, 6.45) is 6.78. The lowest BCUT2D eigenvalue weighted by molar-refractivity contribution is -0.00724. The van der Waals surface area contributed by atoms with Crippen LogP contribution >= 0.6 is 0 Å². The van der Waals surface area contributed by atoms with Gasteiger partial charge in [0, 0.05) is 19.2 Å². The highest BCUT2D eigenvalue weighted by atomic mass is 16.5. The summed E-state index contributed by atoms with van der Waals surface area (Å²) in [5.74, 6) is 0.864. The van der Waals surface area contributed by atoms with Gasteiger partial charge in [-0.3, -0.25) is 4.90 Å². The van der Waals surface area contributed by atoms with Gasteiger partial charge in [0.25, 0.3) is 0 Å². The zero-order valence-corrected chi connectivity index (χ0v) is 11.6. The van der Waals surface area contributed by atoms with E-state index < -0.39 is 0 Å². The first-order valence-electron chi connectivity index (χ1n) is 7.15. The molecule has 0 bridgehead atoms. The Morgan fingerprint density at radius 2 is 2.12 bits per heavy atom. The van der Waals surface area contributed by atoms with Crippen molar-refractivity contribution in [3.05, 3.63) is 0 Å². The van der Waals surface area contributed by atoms with Gasteiger partial charge >= 0.3 is 0 Å². The number of likely N-dealkylation sites (N-methyl/N-ethyl adjacent to an activating group) is 1. The summed E-state index contributed by atoms with van der Waals surface area (Å²) in [5, 5.41) is 0. The van der Waals surface area contributed by atoms with Crippen molar-refractivity contribution >= 4 is 0 Å². The molecule has 3 nitrogen and oxygen atoms in total. The molecule has 2 rings (SSSR count). The van der Waals surface area contributed by atoms with Crippen molar-refractivity contribution in [3.8, 4) is 0 Å². The Bertz CT molecular complexity index is 259. The zero-order chi connectivity index (χ0) is 12.5. The van der Waals surface area contributed by atoms with Crippen LogP contribution in [-0.2, 0) is 4.74 Å². The maximum atomic E-state index is 6.08. The van der Waals surface area contributed by atoms with E-state index in [9.17, 15) is 0 Å². The summed E-state index contributed by atoms with van der Waals surface area (Å²) in [5.41, 5.74) is 6.16. The first-order chi connectivity index (χ1) is 8.10. The van der Waals surface area contributed by atoms with Gasteiger partial charge in [-0.1, -0.05) is 19.8 Å². The second-order valence-corrected chi connectivity index (χ2v) is 6.11. The summed E-state index contributed by atoms with van der Waals surface area (Å²) < 4.78 is 5.78. The predicted octanol–water partition coefficient (Wildman–Crippen LogP) is 2.00. The lowest BCUT2D eigenvalue weighted by Gasteiger charge is -2.46. The molecular formula is C14H28N2O. The van der Waals surface area contributed by atoms with Crippen molar-refractivity contribution in [1.29, 1.82) is 0 Å². The Hall–Kier alpha value is -0.120. The van der Waals surface area contributed by atoms with E-state index in [1.54, 1.807) is 0 Å². The van der Waals surface area contributed by atoms with Crippen LogP contribution in [0.4, 0.5) is 0 Å². The Labute approximate surface area is 106 Å². The molecule has 0 aromatic rings. The Kier molecular flexibility index (Phi) is 4.11. The average Bonchev–Trinajstić information content (AvgIpc) is 2.70. The van der Waals surface area contributed by atoms with Crippen LogP contribution in [0, 0.1) is 5.92 Å². The molecule has 0 aromatic carbocycles. The van der Waals surface area contributed by atoms with E-state index >= 15 is 0 Å². The Morgan fingerprint density at radius 1 is 1.35 bits per heavy atom. The number of hydrogen-bond acceptors (Lipinski definition) is 3. The Balaban J connectivity index is 2.08. The number of rotatable bonds is 3. The molecule has 0 amide bonds. The number of nitrogens with two attached hydrogens (primary N) is 1. The molecule has 2 fully saturated rings. The van der Waals surface area contributed by atoms with Gasteiger partial charge in [-0.15, -0.1) is 0 Å². The quantitative estimate of drug-likeness (QED) is 0.820. The lowest BCUT2D eigenvalue weighted by Crippen LogP contribution is -2.60. The van der Waals surface area contributed by atoms with Crippen LogP contribution in [0.15, 0.2) is 0 Å². The largest absolute Gasteiger partial charge is 0.376 e. The van der Waals surface area contributed by atoms with Gasteiger partial charge in [0.05, 0.1) is 11.6 Å². The zero-order valence-electron chi connectivity index (χ0n) is 11.6. The van der Waals surface area contributed by atoms with Gasteiger partial charge in [0.1, 0.15) is 0 Å². The third-order valence-corrected chi connectivity index (χ3v) is 5.17. The van der Waals surface area contributed by atoms with Crippen LogP contribution in [0.3, 0.4) is 0 Å². The van der Waals surface area contributed by atoms with E-state index in [2.05, 4.69) is 25.8 Å². The summed E-state index contributed by atoms with van der Waals surface area (Å²) in [4.78, 5) is 2.56. The standard InChI is InChI=1S/C14H28N2O/c1-11-5-4-6-13(9-11)16(3)14(10-15)7-8-17-12(14)2/h11-13H,4-10,15H2,1-3H3. The van der Waals surface area contributed by atoms with Gasteiger partial charge < -0.3 is 10.5 Å². The summed E-state index contributed by atoms with van der Waals surface area (Å²) in [7, 11) is 2.26. The molecule has 3 heteroatoms. The molecule has 0 aromatic heterocycles. The molecule has 1 saturated heterocycles. The van der Waals surface area contributed by atoms with Crippen molar-refractivity contribution in [3.63, 3.8) is 0 Å². The van der Waals surface area contributed by atoms with E-state index in [4.69, 9.17) is 10.5 Å². The SMILES string of the molecule is CC1CCCC(N(C)C2(CN)CCOC2C)C1. The predicted molar refractivity (Wildman–Crippen MR) is 71.0 cm³/mol. The third kappa shape index (κ3) is 2.38. The van der Waals surface area contributed by atoms with Crippen LogP contribution in [0.25, 0.3) is 0 Å². The number of ether oxygens (including phenoxy) is 1. The van der Waals surface area contributed by atoms with Gasteiger partial charge in [0.2, 0.25) is 0 Å². The molecule has 17 heavy (non-hydrogen) atoms. The van der Waals surface area contributed by atoms with Crippen LogP contribution in [0.5, 0.6) is 0 Å². The van der Waals surface area contributed by atoms with E-state index in [1.807, 2.05) is 0 Å². The van der Waals surface area contributed by atoms with Gasteiger partial charge in [-0.05, 0) is 39.2 Å². The molecule has 1 aliphatic heterocycles. The Morgan fingerprint density at radius 3 is 2.65 bits per heavy atom. The first kappa shape index (κ1) is 13.3. The van der Waals surface area contributed by atoms with E-state index in [0.29, 0.717) is 6.04 Å². The number of hydrogen-bond donors (Lipinski definition) is 1. The minimum absolute atomic E-state index is 0.0850. The second kappa shape index (κ2) is 5.25. The van der Waals surface area contributed by atoms with Gasteiger partial charge in [-0.2, -0.15) is 0 Å². The van der Waals surface area contributed by atoms with Crippen molar-refractivity contribution in [1.82, 2.24) is 4.90 Å². The highest BCUT2D eigenvalue weighted by molar-refractivity contribution is 5.01. The van der Waals surface area contributed by atoms with Crippen LogP contribution < -0.4 is 5.73 Å². The van der Waals surface area contributed by atoms with E-state index in [0.717, 1.165) is 25.5 Å². The molecule has 1 heterocycles. The highest BCUT2D eigenvalue weighted by Gasteiger charge is 2.46. The fourth-order valence-electron chi connectivity index (χ4n) is 3.76. The highest BCUT2D eigenvalue weighted by Crippen LogP contribution is 2.36. The monoisotopic (exact) mass is 240 g/mol. The van der Waals surface area contributed by atoms with E-state index in [-0.39, 0.29) is 11.6 Å². The summed E-state index contributed by atoms with van der Waals surface area (Å²) in [6, 6.07) is 0.700. The fraction of sp³-hybridized carbons (Fsp3) is 1.00. The summed E-state index contributed by atoms with van der Waals surface area (Å²) in [6.45, 7) is 6.15. The second-order valence-electron chi connectivity index (χ2n) is 6.11. The van der Waals surface area contributed by atoms with Crippen molar-refractivity contribution < 1.29 is 4.74 Å².